The molecular weight excluding hydrogens is 210 g/mol. The number of rotatable bonds is 2. The fourth-order valence-electron chi connectivity index (χ4n) is 1.47. The Hall–Kier alpha value is -2.03. The molecule has 3 heteroatoms. The maximum absolute atomic E-state index is 13.0. The van der Waals surface area contributed by atoms with Crippen molar-refractivity contribution >= 4 is 6.29 Å². The second-order valence-corrected chi connectivity index (χ2v) is 3.30. The largest absolute Gasteiger partial charge is 0.285 e. The van der Waals surface area contributed by atoms with Crippen molar-refractivity contribution in [3.63, 3.8) is 0 Å². The molecule has 2 aromatic rings. The van der Waals surface area contributed by atoms with Crippen LogP contribution in [0.25, 0.3) is 11.1 Å². The lowest BCUT2D eigenvalue weighted by molar-refractivity contribution is 0.562. The van der Waals surface area contributed by atoms with E-state index in [-0.39, 0.29) is 11.4 Å². The summed E-state index contributed by atoms with van der Waals surface area (Å²) in [5, 5.41) is 0. The van der Waals surface area contributed by atoms with Crippen LogP contribution in [0.3, 0.4) is 0 Å². The molecule has 0 spiro atoms. The van der Waals surface area contributed by atoms with E-state index in [9.17, 15) is 13.6 Å². The van der Waals surface area contributed by atoms with E-state index >= 15 is 0 Å². The van der Waals surface area contributed by atoms with E-state index < -0.39 is 5.82 Å². The van der Waals surface area contributed by atoms with Crippen LogP contribution in [0.5, 0.6) is 0 Å². The van der Waals surface area contributed by atoms with Gasteiger partial charge in [-0.15, -0.1) is 0 Å². The minimum atomic E-state index is -0.446. The van der Waals surface area contributed by atoms with E-state index in [0.29, 0.717) is 11.1 Å². The molecule has 16 heavy (non-hydrogen) atoms. The molecule has 0 atom stereocenters. The van der Waals surface area contributed by atoms with Crippen molar-refractivity contribution in [2.75, 3.05) is 0 Å². The summed E-state index contributed by atoms with van der Waals surface area (Å²) in [4.78, 5) is 10.7. The van der Waals surface area contributed by atoms with Crippen LogP contribution in [0.1, 0.15) is 5.56 Å². The topological polar surface area (TPSA) is 17.1 Å². The van der Waals surface area contributed by atoms with E-state index in [0.717, 1.165) is 0 Å². The van der Waals surface area contributed by atoms with Gasteiger partial charge in [0.05, 0.1) is 0 Å². The summed E-state index contributed by atoms with van der Waals surface area (Å²) in [6, 6.07) is 9.27. The molecule has 1 nitrogen and oxygen atoms in total. The first kappa shape index (κ1) is 10.5. The Bertz CT molecular complexity index is 518. The molecule has 0 amide bonds. The third-order valence-corrected chi connectivity index (χ3v) is 2.25. The van der Waals surface area contributed by atoms with E-state index in [1.807, 2.05) is 0 Å². The SMILES string of the molecule is O=[C]c1ccc(F)cc1-c1ccc(F)cc1. The van der Waals surface area contributed by atoms with Crippen molar-refractivity contribution in [3.8, 4) is 11.1 Å². The molecule has 0 N–H and O–H groups in total. The van der Waals surface area contributed by atoms with E-state index in [1.54, 1.807) is 6.29 Å². The first-order valence-electron chi connectivity index (χ1n) is 4.64. The molecule has 0 fully saturated rings. The maximum atomic E-state index is 13.0. The highest BCUT2D eigenvalue weighted by atomic mass is 19.1. The van der Waals surface area contributed by atoms with Crippen molar-refractivity contribution in [1.82, 2.24) is 0 Å². The van der Waals surface area contributed by atoms with Crippen LogP contribution in [0.15, 0.2) is 42.5 Å². The lowest BCUT2D eigenvalue weighted by Crippen LogP contribution is -1.89. The molecule has 0 aliphatic heterocycles. The quantitative estimate of drug-likeness (QED) is 0.755. The normalized spacial score (nSPS) is 10.1. The van der Waals surface area contributed by atoms with Crippen LogP contribution >= 0.6 is 0 Å². The highest BCUT2D eigenvalue weighted by Crippen LogP contribution is 2.23. The maximum Gasteiger partial charge on any atom is 0.234 e. The Morgan fingerprint density at radius 1 is 0.875 bits per heavy atom. The average molecular weight is 217 g/mol. The molecule has 0 aliphatic rings. The fraction of sp³-hybridized carbons (Fsp3) is 0. The summed E-state index contributed by atoms with van der Waals surface area (Å²) in [5.41, 5.74) is 1.25. The number of halogens is 2. The van der Waals surface area contributed by atoms with Crippen LogP contribution in [0, 0.1) is 11.6 Å². The molecule has 2 aromatic carbocycles. The Morgan fingerprint density at radius 3 is 2.12 bits per heavy atom. The van der Waals surface area contributed by atoms with Gasteiger partial charge in [0.2, 0.25) is 6.29 Å². The average Bonchev–Trinajstić information content (AvgIpc) is 2.30. The molecule has 1 radical (unpaired) electrons. The Morgan fingerprint density at radius 2 is 1.50 bits per heavy atom. The molecular formula is C13H7F2O. The third-order valence-electron chi connectivity index (χ3n) is 2.25. The minimum Gasteiger partial charge on any atom is -0.285 e. The number of carbonyl (C=O) groups excluding carboxylic acids is 1. The predicted molar refractivity (Wildman–Crippen MR) is 56.6 cm³/mol. The van der Waals surface area contributed by atoms with Gasteiger partial charge in [0.25, 0.3) is 0 Å². The van der Waals surface area contributed by atoms with Gasteiger partial charge in [-0.05, 0) is 41.5 Å². The smallest absolute Gasteiger partial charge is 0.234 e. The second kappa shape index (κ2) is 4.23. The molecule has 0 bridgehead atoms. The van der Waals surface area contributed by atoms with Gasteiger partial charge in [0.1, 0.15) is 11.6 Å². The van der Waals surface area contributed by atoms with Gasteiger partial charge in [-0.25, -0.2) is 8.78 Å². The van der Waals surface area contributed by atoms with Gasteiger partial charge in [-0.1, -0.05) is 12.1 Å². The zero-order valence-electron chi connectivity index (χ0n) is 8.21. The zero-order valence-corrected chi connectivity index (χ0v) is 8.21. The molecule has 0 saturated carbocycles. The summed E-state index contributed by atoms with van der Waals surface area (Å²) >= 11 is 0. The fourth-order valence-corrected chi connectivity index (χ4v) is 1.47. The first-order chi connectivity index (χ1) is 7.70. The van der Waals surface area contributed by atoms with Crippen molar-refractivity contribution in [2.45, 2.75) is 0 Å². The van der Waals surface area contributed by atoms with E-state index in [1.165, 1.54) is 42.5 Å². The Kier molecular flexibility index (Phi) is 2.77. The van der Waals surface area contributed by atoms with E-state index in [4.69, 9.17) is 0 Å². The lowest BCUT2D eigenvalue weighted by Gasteiger charge is -2.04. The second-order valence-electron chi connectivity index (χ2n) is 3.30. The standard InChI is InChI=1S/C13H7F2O/c14-11-4-1-9(2-5-11)13-7-12(15)6-3-10(13)8-16/h1-7H. The molecule has 0 aliphatic carbocycles. The molecule has 0 saturated heterocycles. The Balaban J connectivity index is 2.57. The summed E-state index contributed by atoms with van der Waals surface area (Å²) in [6.07, 6.45) is 1.73. The van der Waals surface area contributed by atoms with Crippen molar-refractivity contribution in [3.05, 3.63) is 59.7 Å². The summed E-state index contributed by atoms with van der Waals surface area (Å²) < 4.78 is 25.8. The van der Waals surface area contributed by atoms with Crippen LogP contribution < -0.4 is 0 Å². The highest BCUT2D eigenvalue weighted by Gasteiger charge is 2.06. The van der Waals surface area contributed by atoms with Gasteiger partial charge in [-0.2, -0.15) is 0 Å². The van der Waals surface area contributed by atoms with Crippen LogP contribution in [-0.4, -0.2) is 6.29 Å². The summed E-state index contributed by atoms with van der Waals surface area (Å²) in [5.74, 6) is -0.824. The number of hydrogen-bond donors (Lipinski definition) is 0. The number of benzene rings is 2. The van der Waals surface area contributed by atoms with Gasteiger partial charge in [0, 0.05) is 5.56 Å². The summed E-state index contributed by atoms with van der Waals surface area (Å²) in [7, 11) is 0. The van der Waals surface area contributed by atoms with Crippen LogP contribution in [0.2, 0.25) is 0 Å². The molecule has 79 valence electrons. The monoisotopic (exact) mass is 217 g/mol. The van der Waals surface area contributed by atoms with E-state index in [2.05, 4.69) is 0 Å². The van der Waals surface area contributed by atoms with Crippen LogP contribution in [0.4, 0.5) is 8.78 Å². The Labute approximate surface area is 91.3 Å². The molecule has 0 heterocycles. The van der Waals surface area contributed by atoms with Crippen molar-refractivity contribution < 1.29 is 13.6 Å². The van der Waals surface area contributed by atoms with Gasteiger partial charge in [0.15, 0.2) is 0 Å². The van der Waals surface area contributed by atoms with Crippen LogP contribution in [-0.2, 0) is 4.79 Å². The summed E-state index contributed by atoms with van der Waals surface area (Å²) in [6.45, 7) is 0. The first-order valence-corrected chi connectivity index (χ1v) is 4.64. The third kappa shape index (κ3) is 1.98. The predicted octanol–water partition coefficient (Wildman–Crippen LogP) is 3.09. The number of hydrogen-bond acceptors (Lipinski definition) is 1. The lowest BCUT2D eigenvalue weighted by atomic mass is 10.0. The van der Waals surface area contributed by atoms with Crippen molar-refractivity contribution in [2.24, 2.45) is 0 Å². The highest BCUT2D eigenvalue weighted by molar-refractivity contribution is 5.87. The van der Waals surface area contributed by atoms with Gasteiger partial charge >= 0.3 is 0 Å². The van der Waals surface area contributed by atoms with Gasteiger partial charge in [-0.3, -0.25) is 4.79 Å². The molecule has 0 unspecified atom stereocenters. The zero-order chi connectivity index (χ0) is 11.5. The molecule has 0 aromatic heterocycles. The van der Waals surface area contributed by atoms with Gasteiger partial charge < -0.3 is 0 Å². The minimum absolute atomic E-state index is 0.257. The van der Waals surface area contributed by atoms with Crippen molar-refractivity contribution in [1.29, 1.82) is 0 Å². The molecule has 2 rings (SSSR count).